The van der Waals surface area contributed by atoms with E-state index in [1.807, 2.05) is 0 Å². The predicted octanol–water partition coefficient (Wildman–Crippen LogP) is 2.38. The van der Waals surface area contributed by atoms with E-state index in [1.165, 1.54) is 0 Å². The Balaban J connectivity index is 3.11. The van der Waals surface area contributed by atoms with Crippen molar-refractivity contribution >= 4 is 17.6 Å². The first kappa shape index (κ1) is 11.8. The summed E-state index contributed by atoms with van der Waals surface area (Å²) < 4.78 is 36.8. The van der Waals surface area contributed by atoms with Crippen LogP contribution in [0.1, 0.15) is 11.3 Å². The number of nitrogens with zero attached hydrogens (tertiary/aromatic N) is 1. The molecule has 1 aromatic heterocycles. The highest BCUT2D eigenvalue weighted by atomic mass is 35.5. The van der Waals surface area contributed by atoms with Gasteiger partial charge in [-0.05, 0) is 12.1 Å². The van der Waals surface area contributed by atoms with Crippen molar-refractivity contribution in [3.63, 3.8) is 0 Å². The highest BCUT2D eigenvalue weighted by molar-refractivity contribution is 6.29. The van der Waals surface area contributed by atoms with Crippen molar-refractivity contribution in [2.24, 2.45) is 0 Å². The van der Waals surface area contributed by atoms with E-state index in [0.717, 1.165) is 0 Å². The molecule has 15 heavy (non-hydrogen) atoms. The largest absolute Gasteiger partial charge is 0.481 e. The Kier molecular flexibility index (Phi) is 3.18. The molecule has 0 radical (unpaired) electrons. The van der Waals surface area contributed by atoms with E-state index < -0.39 is 24.1 Å². The zero-order valence-corrected chi connectivity index (χ0v) is 7.93. The van der Waals surface area contributed by atoms with E-state index in [4.69, 9.17) is 16.7 Å². The number of halogens is 4. The van der Waals surface area contributed by atoms with Gasteiger partial charge in [0, 0.05) is 0 Å². The lowest BCUT2D eigenvalue weighted by molar-refractivity contribution is -0.139. The van der Waals surface area contributed by atoms with Crippen LogP contribution < -0.4 is 0 Å². The molecule has 0 unspecified atom stereocenters. The first-order valence-corrected chi connectivity index (χ1v) is 4.12. The average Bonchev–Trinajstić information content (AvgIpc) is 1.99. The molecule has 7 heteroatoms. The van der Waals surface area contributed by atoms with Crippen LogP contribution >= 0.6 is 11.6 Å². The number of hydrogen-bond acceptors (Lipinski definition) is 2. The van der Waals surface area contributed by atoms with Crippen molar-refractivity contribution in [3.05, 3.63) is 28.5 Å². The minimum atomic E-state index is -4.56. The topological polar surface area (TPSA) is 50.2 Å². The van der Waals surface area contributed by atoms with Crippen LogP contribution in [-0.2, 0) is 17.4 Å². The van der Waals surface area contributed by atoms with Crippen LogP contribution in [0.3, 0.4) is 0 Å². The summed E-state index contributed by atoms with van der Waals surface area (Å²) in [6.07, 6.45) is -5.15. The summed E-state index contributed by atoms with van der Waals surface area (Å²) in [5.74, 6) is -1.27. The molecule has 0 amide bonds. The first-order valence-electron chi connectivity index (χ1n) is 3.74. The maximum absolute atomic E-state index is 12.3. The van der Waals surface area contributed by atoms with Crippen LogP contribution in [0.2, 0.25) is 5.15 Å². The fourth-order valence-electron chi connectivity index (χ4n) is 0.960. The Morgan fingerprint density at radius 1 is 1.47 bits per heavy atom. The standard InChI is InChI=1S/C8H5ClF3NO2/c9-6-2-4(8(10,11)12)1-5(13-6)3-7(14)15/h1-2H,3H2,(H,14,15). The van der Waals surface area contributed by atoms with Crippen molar-refractivity contribution in [2.75, 3.05) is 0 Å². The lowest BCUT2D eigenvalue weighted by atomic mass is 10.2. The smallest absolute Gasteiger partial charge is 0.416 e. The molecule has 0 bridgehead atoms. The third-order valence-corrected chi connectivity index (χ3v) is 1.70. The monoisotopic (exact) mass is 239 g/mol. The van der Waals surface area contributed by atoms with E-state index in [2.05, 4.69) is 4.98 Å². The lowest BCUT2D eigenvalue weighted by Gasteiger charge is -2.08. The molecule has 0 aliphatic heterocycles. The fraction of sp³-hybridized carbons (Fsp3) is 0.250. The molecule has 3 nitrogen and oxygen atoms in total. The van der Waals surface area contributed by atoms with Gasteiger partial charge in [-0.15, -0.1) is 0 Å². The Morgan fingerprint density at radius 3 is 2.53 bits per heavy atom. The first-order chi connectivity index (χ1) is 6.79. The van der Waals surface area contributed by atoms with E-state index in [-0.39, 0.29) is 10.8 Å². The van der Waals surface area contributed by atoms with Crippen LogP contribution in [0.15, 0.2) is 12.1 Å². The molecule has 0 fully saturated rings. The molecule has 0 spiro atoms. The van der Waals surface area contributed by atoms with Crippen molar-refractivity contribution < 1.29 is 23.1 Å². The highest BCUT2D eigenvalue weighted by Gasteiger charge is 2.31. The Morgan fingerprint density at radius 2 is 2.07 bits per heavy atom. The molecule has 0 atom stereocenters. The third kappa shape index (κ3) is 3.39. The molecule has 1 rings (SSSR count). The van der Waals surface area contributed by atoms with Gasteiger partial charge in [-0.25, -0.2) is 4.98 Å². The van der Waals surface area contributed by atoms with Gasteiger partial charge in [0.15, 0.2) is 0 Å². The summed E-state index contributed by atoms with van der Waals surface area (Å²) in [5.41, 5.74) is -1.22. The van der Waals surface area contributed by atoms with Crippen molar-refractivity contribution in [3.8, 4) is 0 Å². The highest BCUT2D eigenvalue weighted by Crippen LogP contribution is 2.30. The summed E-state index contributed by atoms with van der Waals surface area (Å²) in [7, 11) is 0. The summed E-state index contributed by atoms with van der Waals surface area (Å²) >= 11 is 5.34. The van der Waals surface area contributed by atoms with Gasteiger partial charge in [0.1, 0.15) is 5.15 Å². The van der Waals surface area contributed by atoms with Crippen molar-refractivity contribution in [2.45, 2.75) is 12.6 Å². The van der Waals surface area contributed by atoms with Gasteiger partial charge in [-0.2, -0.15) is 13.2 Å². The van der Waals surface area contributed by atoms with Gasteiger partial charge < -0.3 is 5.11 Å². The second-order valence-electron chi connectivity index (χ2n) is 2.74. The molecule has 82 valence electrons. The molecular weight excluding hydrogens is 235 g/mol. The lowest BCUT2D eigenvalue weighted by Crippen LogP contribution is -2.09. The van der Waals surface area contributed by atoms with Gasteiger partial charge in [0.05, 0.1) is 17.7 Å². The van der Waals surface area contributed by atoms with Gasteiger partial charge in [-0.1, -0.05) is 11.6 Å². The molecule has 0 aliphatic carbocycles. The van der Waals surface area contributed by atoms with Crippen LogP contribution in [-0.4, -0.2) is 16.1 Å². The fourth-order valence-corrected chi connectivity index (χ4v) is 1.19. The molecule has 0 aromatic carbocycles. The van der Waals surface area contributed by atoms with Gasteiger partial charge >= 0.3 is 12.1 Å². The molecule has 1 aromatic rings. The Bertz CT molecular complexity index is 392. The van der Waals surface area contributed by atoms with Crippen LogP contribution in [0, 0.1) is 0 Å². The van der Waals surface area contributed by atoms with Crippen molar-refractivity contribution in [1.29, 1.82) is 0 Å². The van der Waals surface area contributed by atoms with Crippen molar-refractivity contribution in [1.82, 2.24) is 4.98 Å². The quantitative estimate of drug-likeness (QED) is 0.806. The molecule has 1 heterocycles. The third-order valence-electron chi connectivity index (χ3n) is 1.51. The summed E-state index contributed by atoms with van der Waals surface area (Å²) in [4.78, 5) is 13.7. The molecule has 0 saturated carbocycles. The van der Waals surface area contributed by atoms with Gasteiger partial charge in [0.25, 0.3) is 0 Å². The van der Waals surface area contributed by atoms with Gasteiger partial charge in [-0.3, -0.25) is 4.79 Å². The molecule has 0 aliphatic rings. The number of aliphatic carboxylic acids is 1. The number of rotatable bonds is 2. The second kappa shape index (κ2) is 4.06. The number of carbonyl (C=O) groups is 1. The molecular formula is C8H5ClF3NO2. The maximum atomic E-state index is 12.3. The number of aromatic nitrogens is 1. The molecule has 0 saturated heterocycles. The second-order valence-corrected chi connectivity index (χ2v) is 3.13. The zero-order chi connectivity index (χ0) is 11.6. The summed E-state index contributed by atoms with van der Waals surface area (Å²) in [6.45, 7) is 0. The van der Waals surface area contributed by atoms with E-state index in [9.17, 15) is 18.0 Å². The van der Waals surface area contributed by atoms with E-state index in [0.29, 0.717) is 12.1 Å². The predicted molar refractivity (Wildman–Crippen MR) is 45.6 cm³/mol. The van der Waals surface area contributed by atoms with Crippen LogP contribution in [0.4, 0.5) is 13.2 Å². The number of carboxylic acid groups (broad SMARTS) is 1. The van der Waals surface area contributed by atoms with E-state index >= 15 is 0 Å². The minimum Gasteiger partial charge on any atom is -0.481 e. The number of hydrogen-bond donors (Lipinski definition) is 1. The van der Waals surface area contributed by atoms with Crippen LogP contribution in [0.5, 0.6) is 0 Å². The Hall–Kier alpha value is -1.30. The number of pyridine rings is 1. The summed E-state index contributed by atoms with van der Waals surface area (Å²) in [6, 6.07) is 1.31. The number of carboxylic acids is 1. The van der Waals surface area contributed by atoms with Gasteiger partial charge in [0.2, 0.25) is 0 Å². The minimum absolute atomic E-state index is 0.220. The maximum Gasteiger partial charge on any atom is 0.416 e. The number of alkyl halides is 3. The van der Waals surface area contributed by atoms with E-state index in [1.54, 1.807) is 0 Å². The summed E-state index contributed by atoms with van der Waals surface area (Å²) in [5, 5.41) is 8.01. The average molecular weight is 240 g/mol. The SMILES string of the molecule is O=C(O)Cc1cc(C(F)(F)F)cc(Cl)n1. The zero-order valence-electron chi connectivity index (χ0n) is 7.18. The van der Waals surface area contributed by atoms with Crippen LogP contribution in [0.25, 0.3) is 0 Å². The Labute approximate surface area is 87.5 Å². The molecule has 1 N–H and O–H groups in total. The normalized spacial score (nSPS) is 11.5.